The molecule has 0 spiro atoms. The highest BCUT2D eigenvalue weighted by molar-refractivity contribution is 5.73. The van der Waals surface area contributed by atoms with E-state index >= 15 is 0 Å². The first-order valence-corrected chi connectivity index (χ1v) is 6.58. The number of carboxylic acid groups (broad SMARTS) is 1. The Balaban J connectivity index is 1.83. The molecule has 1 fully saturated rings. The highest BCUT2D eigenvalue weighted by Crippen LogP contribution is 2.11. The summed E-state index contributed by atoms with van der Waals surface area (Å²) in [5, 5.41) is 13.0. The van der Waals surface area contributed by atoms with Gasteiger partial charge in [0, 0.05) is 33.1 Å². The van der Waals surface area contributed by atoms with Crippen molar-refractivity contribution in [3.63, 3.8) is 0 Å². The van der Waals surface area contributed by atoms with E-state index in [1.807, 2.05) is 11.8 Å². The lowest BCUT2D eigenvalue weighted by Crippen LogP contribution is -2.52. The predicted molar refractivity (Wildman–Crippen MR) is 67.6 cm³/mol. The molecule has 0 aliphatic carbocycles. The standard InChI is InChI=1S/C12H20N4O3/c1-3-10(12(17)18)16-6-4-15(5-7-16)8-11-13-9(2)19-14-11/h10H,3-8H2,1-2H3,(H,17,18). The van der Waals surface area contributed by atoms with E-state index in [0.29, 0.717) is 24.7 Å². The first-order valence-electron chi connectivity index (χ1n) is 6.58. The molecule has 1 aromatic heterocycles. The number of aromatic nitrogens is 2. The Hall–Kier alpha value is -1.47. The summed E-state index contributed by atoms with van der Waals surface area (Å²) in [5.41, 5.74) is 0. The van der Waals surface area contributed by atoms with Crippen LogP contribution in [0.1, 0.15) is 25.1 Å². The highest BCUT2D eigenvalue weighted by atomic mass is 16.5. The predicted octanol–water partition coefficient (Wildman–Crippen LogP) is 0.359. The second-order valence-electron chi connectivity index (χ2n) is 4.80. The van der Waals surface area contributed by atoms with Crippen molar-refractivity contribution in [2.24, 2.45) is 0 Å². The molecule has 1 aliphatic rings. The van der Waals surface area contributed by atoms with Gasteiger partial charge in [-0.2, -0.15) is 4.98 Å². The van der Waals surface area contributed by atoms with Crippen LogP contribution in [0.25, 0.3) is 0 Å². The van der Waals surface area contributed by atoms with Crippen LogP contribution in [0.2, 0.25) is 0 Å². The molecular weight excluding hydrogens is 248 g/mol. The van der Waals surface area contributed by atoms with Crippen LogP contribution in [0.3, 0.4) is 0 Å². The van der Waals surface area contributed by atoms with Crippen LogP contribution in [0.4, 0.5) is 0 Å². The van der Waals surface area contributed by atoms with Crippen LogP contribution >= 0.6 is 0 Å². The zero-order valence-electron chi connectivity index (χ0n) is 11.4. The molecular formula is C12H20N4O3. The van der Waals surface area contributed by atoms with Gasteiger partial charge in [-0.05, 0) is 6.42 Å². The van der Waals surface area contributed by atoms with Gasteiger partial charge >= 0.3 is 5.97 Å². The zero-order chi connectivity index (χ0) is 13.8. The molecule has 1 atom stereocenters. The third kappa shape index (κ3) is 3.51. The van der Waals surface area contributed by atoms with Gasteiger partial charge in [0.05, 0.1) is 6.54 Å². The molecule has 1 unspecified atom stereocenters. The van der Waals surface area contributed by atoms with Gasteiger partial charge in [-0.25, -0.2) is 0 Å². The molecule has 1 aliphatic heterocycles. The SMILES string of the molecule is CCC(C(=O)O)N1CCN(Cc2noc(C)n2)CC1. The minimum Gasteiger partial charge on any atom is -0.480 e. The monoisotopic (exact) mass is 268 g/mol. The Bertz CT molecular complexity index is 426. The van der Waals surface area contributed by atoms with E-state index in [0.717, 1.165) is 26.2 Å². The summed E-state index contributed by atoms with van der Waals surface area (Å²) in [6, 6.07) is -0.366. The fourth-order valence-corrected chi connectivity index (χ4v) is 2.43. The first-order chi connectivity index (χ1) is 9.10. The van der Waals surface area contributed by atoms with Crippen molar-refractivity contribution in [1.29, 1.82) is 0 Å². The molecule has 1 N–H and O–H groups in total. The van der Waals surface area contributed by atoms with E-state index in [1.165, 1.54) is 0 Å². The Labute approximate surface area is 112 Å². The van der Waals surface area contributed by atoms with E-state index in [4.69, 9.17) is 9.63 Å². The topological polar surface area (TPSA) is 82.7 Å². The van der Waals surface area contributed by atoms with Crippen LogP contribution in [-0.2, 0) is 11.3 Å². The lowest BCUT2D eigenvalue weighted by Gasteiger charge is -2.36. The molecule has 0 amide bonds. The summed E-state index contributed by atoms with van der Waals surface area (Å²) in [5.74, 6) is 0.534. The van der Waals surface area contributed by atoms with Crippen LogP contribution in [-0.4, -0.2) is 63.2 Å². The number of hydrogen-bond acceptors (Lipinski definition) is 6. The van der Waals surface area contributed by atoms with Crippen molar-refractivity contribution in [3.05, 3.63) is 11.7 Å². The average Bonchev–Trinajstić information content (AvgIpc) is 2.77. The molecule has 2 heterocycles. The number of aryl methyl sites for hydroxylation is 1. The van der Waals surface area contributed by atoms with E-state index in [9.17, 15) is 4.79 Å². The van der Waals surface area contributed by atoms with Crippen LogP contribution in [0.5, 0.6) is 0 Å². The maximum Gasteiger partial charge on any atom is 0.320 e. The van der Waals surface area contributed by atoms with Gasteiger partial charge in [0.2, 0.25) is 5.89 Å². The second-order valence-corrected chi connectivity index (χ2v) is 4.80. The normalized spacial score (nSPS) is 19.5. The van der Waals surface area contributed by atoms with Crippen molar-refractivity contribution in [2.75, 3.05) is 26.2 Å². The van der Waals surface area contributed by atoms with Gasteiger partial charge in [-0.1, -0.05) is 12.1 Å². The van der Waals surface area contributed by atoms with Gasteiger partial charge in [0.1, 0.15) is 6.04 Å². The molecule has 0 radical (unpaired) electrons. The van der Waals surface area contributed by atoms with Crippen molar-refractivity contribution in [3.8, 4) is 0 Å². The van der Waals surface area contributed by atoms with Crippen molar-refractivity contribution in [2.45, 2.75) is 32.9 Å². The van der Waals surface area contributed by atoms with Crippen molar-refractivity contribution >= 4 is 5.97 Å². The molecule has 0 bridgehead atoms. The maximum absolute atomic E-state index is 11.1. The molecule has 0 aromatic carbocycles. The minimum absolute atomic E-state index is 0.366. The smallest absolute Gasteiger partial charge is 0.320 e. The van der Waals surface area contributed by atoms with Crippen LogP contribution in [0, 0.1) is 6.92 Å². The Morgan fingerprint density at radius 3 is 2.58 bits per heavy atom. The Morgan fingerprint density at radius 2 is 2.11 bits per heavy atom. The summed E-state index contributed by atoms with van der Waals surface area (Å²) in [7, 11) is 0. The fourth-order valence-electron chi connectivity index (χ4n) is 2.43. The molecule has 106 valence electrons. The summed E-state index contributed by atoms with van der Waals surface area (Å²) < 4.78 is 4.94. The number of rotatable bonds is 5. The Morgan fingerprint density at radius 1 is 1.42 bits per heavy atom. The van der Waals surface area contributed by atoms with Gasteiger partial charge in [-0.15, -0.1) is 0 Å². The number of carbonyl (C=O) groups is 1. The number of hydrogen-bond donors (Lipinski definition) is 1. The summed E-state index contributed by atoms with van der Waals surface area (Å²) >= 11 is 0. The molecule has 7 nitrogen and oxygen atoms in total. The van der Waals surface area contributed by atoms with E-state index in [2.05, 4.69) is 15.0 Å². The van der Waals surface area contributed by atoms with Gasteiger partial charge in [-0.3, -0.25) is 14.6 Å². The summed E-state index contributed by atoms with van der Waals surface area (Å²) in [6.07, 6.45) is 0.638. The van der Waals surface area contributed by atoms with Crippen LogP contribution < -0.4 is 0 Å². The van der Waals surface area contributed by atoms with Crippen molar-refractivity contribution in [1.82, 2.24) is 19.9 Å². The third-order valence-electron chi connectivity index (χ3n) is 3.45. The van der Waals surface area contributed by atoms with E-state index in [1.54, 1.807) is 6.92 Å². The number of aliphatic carboxylic acids is 1. The van der Waals surface area contributed by atoms with Gasteiger partial charge in [0.25, 0.3) is 0 Å². The minimum atomic E-state index is -0.732. The first kappa shape index (κ1) is 14.0. The molecule has 1 saturated heterocycles. The Kier molecular flexibility index (Phi) is 4.49. The third-order valence-corrected chi connectivity index (χ3v) is 3.45. The van der Waals surface area contributed by atoms with E-state index in [-0.39, 0.29) is 6.04 Å². The fraction of sp³-hybridized carbons (Fsp3) is 0.750. The zero-order valence-corrected chi connectivity index (χ0v) is 11.4. The van der Waals surface area contributed by atoms with Crippen molar-refractivity contribution < 1.29 is 14.4 Å². The molecule has 1 aromatic rings. The average molecular weight is 268 g/mol. The van der Waals surface area contributed by atoms with Crippen LogP contribution in [0.15, 0.2) is 4.52 Å². The lowest BCUT2D eigenvalue weighted by molar-refractivity contribution is -0.144. The second kappa shape index (κ2) is 6.12. The lowest BCUT2D eigenvalue weighted by atomic mass is 10.1. The highest BCUT2D eigenvalue weighted by Gasteiger charge is 2.27. The quantitative estimate of drug-likeness (QED) is 0.825. The summed E-state index contributed by atoms with van der Waals surface area (Å²) in [6.45, 7) is 7.54. The largest absolute Gasteiger partial charge is 0.480 e. The number of piperazine rings is 1. The maximum atomic E-state index is 11.1. The summed E-state index contributed by atoms with van der Waals surface area (Å²) in [4.78, 5) is 19.5. The van der Waals surface area contributed by atoms with Gasteiger partial charge < -0.3 is 9.63 Å². The number of nitrogens with zero attached hydrogens (tertiary/aromatic N) is 4. The van der Waals surface area contributed by atoms with E-state index < -0.39 is 5.97 Å². The molecule has 0 saturated carbocycles. The van der Waals surface area contributed by atoms with Gasteiger partial charge in [0.15, 0.2) is 5.82 Å². The molecule has 19 heavy (non-hydrogen) atoms. The molecule has 2 rings (SSSR count). The number of carboxylic acids is 1. The molecule has 7 heteroatoms.